The number of benzene rings is 1. The van der Waals surface area contributed by atoms with Crippen molar-refractivity contribution in [1.29, 1.82) is 0 Å². The van der Waals surface area contributed by atoms with E-state index in [1.807, 2.05) is 6.07 Å². The molecule has 1 aliphatic carbocycles. The van der Waals surface area contributed by atoms with Crippen LogP contribution in [0.2, 0.25) is 0 Å². The van der Waals surface area contributed by atoms with E-state index < -0.39 is 0 Å². The molecular weight excluding hydrogens is 356 g/mol. The first-order chi connectivity index (χ1) is 8.60. The van der Waals surface area contributed by atoms with E-state index in [0.29, 0.717) is 4.83 Å². The zero-order valence-electron chi connectivity index (χ0n) is 11.0. The fourth-order valence-corrected chi connectivity index (χ4v) is 3.94. The normalized spacial score (nSPS) is 28.1. The summed E-state index contributed by atoms with van der Waals surface area (Å²) in [6, 6.07) is 6.28. The van der Waals surface area contributed by atoms with Gasteiger partial charge in [-0.05, 0) is 61.3 Å². The molecule has 1 saturated carbocycles. The van der Waals surface area contributed by atoms with Crippen molar-refractivity contribution in [2.24, 2.45) is 11.8 Å². The van der Waals surface area contributed by atoms with Gasteiger partial charge in [0.25, 0.3) is 0 Å². The van der Waals surface area contributed by atoms with Gasteiger partial charge in [-0.3, -0.25) is 0 Å². The lowest BCUT2D eigenvalue weighted by Gasteiger charge is -2.32. The van der Waals surface area contributed by atoms with Crippen molar-refractivity contribution in [2.45, 2.75) is 37.4 Å². The molecule has 0 aliphatic heterocycles. The fraction of sp³-hybridized carbons (Fsp3) is 0.600. The molecule has 0 radical (unpaired) electrons. The van der Waals surface area contributed by atoms with Crippen LogP contribution < -0.4 is 4.74 Å². The summed E-state index contributed by atoms with van der Waals surface area (Å²) in [5.41, 5.74) is 1.32. The number of hydrogen-bond acceptors (Lipinski definition) is 1. The Kier molecular flexibility index (Phi) is 5.14. The zero-order chi connectivity index (χ0) is 13.1. The van der Waals surface area contributed by atoms with Crippen LogP contribution >= 0.6 is 31.9 Å². The van der Waals surface area contributed by atoms with Crippen LogP contribution in [0, 0.1) is 11.8 Å². The van der Waals surface area contributed by atoms with Crippen LogP contribution in [0.15, 0.2) is 22.7 Å². The maximum atomic E-state index is 5.47. The maximum absolute atomic E-state index is 5.47. The van der Waals surface area contributed by atoms with Gasteiger partial charge in [0.1, 0.15) is 5.75 Å². The second-order valence-corrected chi connectivity index (χ2v) is 7.45. The molecule has 0 amide bonds. The highest BCUT2D eigenvalue weighted by Crippen LogP contribution is 2.37. The Bertz CT molecular complexity index is 405. The smallest absolute Gasteiger partial charge is 0.122 e. The van der Waals surface area contributed by atoms with E-state index in [1.54, 1.807) is 7.11 Å². The molecule has 100 valence electrons. The van der Waals surface area contributed by atoms with Gasteiger partial charge >= 0.3 is 0 Å². The van der Waals surface area contributed by atoms with Gasteiger partial charge in [0, 0.05) is 9.30 Å². The Hall–Kier alpha value is -0.0200. The predicted octanol–water partition coefficient (Wildman–Crippen LogP) is 5.20. The predicted molar refractivity (Wildman–Crippen MR) is 83.6 cm³/mol. The van der Waals surface area contributed by atoms with E-state index in [-0.39, 0.29) is 0 Å². The molecule has 1 aromatic rings. The van der Waals surface area contributed by atoms with Crippen LogP contribution in [-0.2, 0) is 6.42 Å². The number of halogens is 2. The molecule has 0 N–H and O–H groups in total. The minimum atomic E-state index is 0.650. The van der Waals surface area contributed by atoms with E-state index in [0.717, 1.165) is 28.5 Å². The van der Waals surface area contributed by atoms with Crippen molar-refractivity contribution in [3.05, 3.63) is 28.2 Å². The molecule has 1 nitrogen and oxygen atoms in total. The van der Waals surface area contributed by atoms with Crippen LogP contribution in [0.4, 0.5) is 0 Å². The van der Waals surface area contributed by atoms with E-state index >= 15 is 0 Å². The highest BCUT2D eigenvalue weighted by Gasteiger charge is 2.27. The van der Waals surface area contributed by atoms with Gasteiger partial charge in [-0.2, -0.15) is 0 Å². The summed E-state index contributed by atoms with van der Waals surface area (Å²) in [7, 11) is 1.75. The van der Waals surface area contributed by atoms with Crippen molar-refractivity contribution in [1.82, 2.24) is 0 Å². The van der Waals surface area contributed by atoms with E-state index in [1.165, 1.54) is 24.8 Å². The summed E-state index contributed by atoms with van der Waals surface area (Å²) in [5.74, 6) is 2.58. The van der Waals surface area contributed by atoms with Gasteiger partial charge in [0.2, 0.25) is 0 Å². The Morgan fingerprint density at radius 1 is 1.33 bits per heavy atom. The SMILES string of the molecule is COc1ccc(Br)cc1CC1CC(C)CCC1Br. The van der Waals surface area contributed by atoms with Gasteiger partial charge in [-0.25, -0.2) is 0 Å². The fourth-order valence-electron chi connectivity index (χ4n) is 2.86. The van der Waals surface area contributed by atoms with E-state index in [2.05, 4.69) is 50.9 Å². The van der Waals surface area contributed by atoms with Crippen molar-refractivity contribution in [2.75, 3.05) is 7.11 Å². The number of alkyl halides is 1. The van der Waals surface area contributed by atoms with Crippen LogP contribution in [0.3, 0.4) is 0 Å². The van der Waals surface area contributed by atoms with Crippen LogP contribution in [0.1, 0.15) is 31.7 Å². The molecule has 0 aromatic heterocycles. The van der Waals surface area contributed by atoms with Crippen molar-refractivity contribution in [3.8, 4) is 5.75 Å². The van der Waals surface area contributed by atoms with E-state index in [9.17, 15) is 0 Å². The third-order valence-corrected chi connectivity index (χ3v) is 5.58. The Morgan fingerprint density at radius 2 is 2.11 bits per heavy atom. The van der Waals surface area contributed by atoms with Crippen molar-refractivity contribution >= 4 is 31.9 Å². The average molecular weight is 376 g/mol. The summed E-state index contributed by atoms with van der Waals surface area (Å²) in [6.45, 7) is 2.37. The third kappa shape index (κ3) is 3.51. The molecule has 3 atom stereocenters. The molecule has 3 heteroatoms. The summed E-state index contributed by atoms with van der Waals surface area (Å²) >= 11 is 7.40. The minimum absolute atomic E-state index is 0.650. The molecule has 3 unspecified atom stereocenters. The molecule has 0 spiro atoms. The zero-order valence-corrected chi connectivity index (χ0v) is 14.1. The second-order valence-electron chi connectivity index (χ2n) is 5.35. The van der Waals surface area contributed by atoms with Gasteiger partial charge < -0.3 is 4.74 Å². The van der Waals surface area contributed by atoms with Crippen LogP contribution in [-0.4, -0.2) is 11.9 Å². The van der Waals surface area contributed by atoms with Crippen LogP contribution in [0.25, 0.3) is 0 Å². The lowest BCUT2D eigenvalue weighted by atomic mass is 9.79. The number of rotatable bonds is 3. The molecule has 0 saturated heterocycles. The molecule has 1 fully saturated rings. The number of ether oxygens (including phenoxy) is 1. The third-order valence-electron chi connectivity index (χ3n) is 3.88. The summed E-state index contributed by atoms with van der Waals surface area (Å²) in [4.78, 5) is 0.650. The first-order valence-corrected chi connectivity index (χ1v) is 8.27. The Balaban J connectivity index is 2.14. The standard InChI is InChI=1S/C15H20Br2O/c1-10-3-5-14(17)11(7-10)8-12-9-13(16)4-6-15(12)18-2/h4,6,9-11,14H,3,5,7-8H2,1-2H3. The van der Waals surface area contributed by atoms with Crippen molar-refractivity contribution < 1.29 is 4.74 Å². The highest BCUT2D eigenvalue weighted by molar-refractivity contribution is 9.10. The summed E-state index contributed by atoms with van der Waals surface area (Å²) < 4.78 is 6.60. The minimum Gasteiger partial charge on any atom is -0.496 e. The van der Waals surface area contributed by atoms with Gasteiger partial charge in [-0.1, -0.05) is 38.8 Å². The van der Waals surface area contributed by atoms with Crippen molar-refractivity contribution in [3.63, 3.8) is 0 Å². The van der Waals surface area contributed by atoms with E-state index in [4.69, 9.17) is 4.74 Å². The topological polar surface area (TPSA) is 9.23 Å². The molecule has 0 heterocycles. The Morgan fingerprint density at radius 3 is 2.83 bits per heavy atom. The Labute approximate surface area is 127 Å². The number of methoxy groups -OCH3 is 1. The first-order valence-electron chi connectivity index (χ1n) is 6.56. The quantitative estimate of drug-likeness (QED) is 0.659. The molecular formula is C15H20Br2O. The summed E-state index contributed by atoms with van der Waals surface area (Å²) in [6.07, 6.45) is 5.05. The first kappa shape index (κ1) is 14.4. The maximum Gasteiger partial charge on any atom is 0.122 e. The molecule has 0 bridgehead atoms. The molecule has 2 rings (SSSR count). The summed E-state index contributed by atoms with van der Waals surface area (Å²) in [5, 5.41) is 0. The number of hydrogen-bond donors (Lipinski definition) is 0. The molecule has 18 heavy (non-hydrogen) atoms. The highest BCUT2D eigenvalue weighted by atomic mass is 79.9. The molecule has 1 aromatic carbocycles. The largest absolute Gasteiger partial charge is 0.496 e. The van der Waals surface area contributed by atoms with Crippen LogP contribution in [0.5, 0.6) is 5.75 Å². The van der Waals surface area contributed by atoms with Gasteiger partial charge in [0.05, 0.1) is 7.11 Å². The van der Waals surface area contributed by atoms with Gasteiger partial charge in [0.15, 0.2) is 0 Å². The second kappa shape index (κ2) is 6.42. The lowest BCUT2D eigenvalue weighted by Crippen LogP contribution is -2.25. The monoisotopic (exact) mass is 374 g/mol. The lowest BCUT2D eigenvalue weighted by molar-refractivity contribution is 0.291. The molecule has 1 aliphatic rings. The average Bonchev–Trinajstić information content (AvgIpc) is 2.34. The van der Waals surface area contributed by atoms with Gasteiger partial charge in [-0.15, -0.1) is 0 Å².